The highest BCUT2D eigenvalue weighted by molar-refractivity contribution is 8.01. The quantitative estimate of drug-likeness (QED) is 0.0905. The lowest BCUT2D eigenvalue weighted by Gasteiger charge is -2.50. The number of nitrogens with one attached hydrogen (secondary N) is 2. The van der Waals surface area contributed by atoms with E-state index in [1.165, 1.54) is 42.1 Å². The maximum absolute atomic E-state index is 15.4. The number of aryl methyl sites for hydroxylation is 1. The van der Waals surface area contributed by atoms with E-state index in [1.54, 1.807) is 0 Å². The Morgan fingerprint density at radius 1 is 1.36 bits per heavy atom. The first-order valence-electron chi connectivity index (χ1n) is 13.9. The number of benzene rings is 1. The molecule has 3 aromatic rings. The number of pyridine rings is 1. The van der Waals surface area contributed by atoms with Gasteiger partial charge in [0.25, 0.3) is 11.8 Å². The zero-order valence-electron chi connectivity index (χ0n) is 24.2. The molecule has 2 aromatic heterocycles. The number of hydrogen-bond donors (Lipinski definition) is 3. The molecule has 3 aliphatic rings. The highest BCUT2D eigenvalue weighted by atomic mass is 32.2. The van der Waals surface area contributed by atoms with Crippen molar-refractivity contribution in [2.45, 2.75) is 16.3 Å². The number of carbonyl (C=O) groups excluding carboxylic acids is 3. The molecule has 6 rings (SSSR count). The number of amides is 2. The molecule has 2 saturated heterocycles. The molecule has 45 heavy (non-hydrogen) atoms. The smallest absolute Gasteiger partial charge is 0.276 e. The normalized spacial score (nSPS) is 20.2. The summed E-state index contributed by atoms with van der Waals surface area (Å²) in [6, 6.07) is 4.26. The zero-order chi connectivity index (χ0) is 31.8. The van der Waals surface area contributed by atoms with Gasteiger partial charge in [-0.25, -0.2) is 13.9 Å². The van der Waals surface area contributed by atoms with Gasteiger partial charge in [-0.1, -0.05) is 5.16 Å². The van der Waals surface area contributed by atoms with E-state index < -0.39 is 29.2 Å². The average molecular weight is 673 g/mol. The first-order chi connectivity index (χ1) is 21.7. The second-order valence-corrected chi connectivity index (χ2v) is 13.4. The van der Waals surface area contributed by atoms with Crippen LogP contribution < -0.4 is 30.9 Å². The first-order valence-corrected chi connectivity index (χ1v) is 16.8. The summed E-state index contributed by atoms with van der Waals surface area (Å²) >= 11 is 3.81. The van der Waals surface area contributed by atoms with Crippen molar-refractivity contribution in [3.8, 4) is 0 Å². The van der Waals surface area contributed by atoms with Gasteiger partial charge < -0.3 is 36.0 Å². The van der Waals surface area contributed by atoms with Gasteiger partial charge in [0, 0.05) is 60.1 Å². The Hall–Kier alpha value is -3.93. The van der Waals surface area contributed by atoms with Crippen molar-refractivity contribution < 1.29 is 33.3 Å². The van der Waals surface area contributed by atoms with E-state index in [0.29, 0.717) is 35.5 Å². The molecule has 1 unspecified atom stereocenters. The third-order valence-electron chi connectivity index (χ3n) is 7.71. The van der Waals surface area contributed by atoms with Gasteiger partial charge in [-0.15, -0.1) is 34.9 Å². The number of carboxylic acid groups (broad SMARTS) is 1. The lowest BCUT2D eigenvalue weighted by atomic mass is 10.0. The van der Waals surface area contributed by atoms with Crippen LogP contribution in [0.25, 0.3) is 10.9 Å². The number of rotatable bonds is 9. The van der Waals surface area contributed by atoms with Crippen LogP contribution in [0.2, 0.25) is 0 Å². The summed E-state index contributed by atoms with van der Waals surface area (Å²) in [4.78, 5) is 51.3. The standard InChI is InChI=1S/C28H29FN8O5S3/c1-35-6-3-20(15-9-16(29)19(10-18(15)35)36-7-4-31-5-8-36)43-11-14-12-44-26-22(25(39)37(26)23(14)27(40)41)33-24(38)21(34-42-2)17-13-45-28(30)32-17/h3,6,9-10,13,22,26,31H,4-5,7-8,11-12H2,1-2H3,(H3-,30,32,33,38,40,41)/b34-21-/t22?,26-/m1/s1. The third kappa shape index (κ3) is 5.92. The van der Waals surface area contributed by atoms with Crippen molar-refractivity contribution in [2.75, 3.05) is 55.4 Å². The lowest BCUT2D eigenvalue weighted by molar-refractivity contribution is -0.645. The maximum Gasteiger partial charge on any atom is 0.276 e. The molecule has 1 aromatic carbocycles. The van der Waals surface area contributed by atoms with Gasteiger partial charge in [0.05, 0.1) is 22.7 Å². The SMILES string of the molecule is CO/N=C(\C(=O)NC1C(=O)N2C(C(=O)[O-])=C(CSc3cc[n+](C)c4cc(N5CCNCC5)c(F)cc34)CS[C@H]12)c1csc(N)n1. The molecule has 0 aliphatic carbocycles. The summed E-state index contributed by atoms with van der Waals surface area (Å²) in [5.74, 6) is -2.57. The number of piperazine rings is 1. The Morgan fingerprint density at radius 3 is 2.82 bits per heavy atom. The van der Waals surface area contributed by atoms with E-state index in [1.807, 2.05) is 34.8 Å². The van der Waals surface area contributed by atoms with E-state index in [2.05, 4.69) is 20.8 Å². The molecule has 2 atom stereocenters. The van der Waals surface area contributed by atoms with Crippen LogP contribution in [-0.4, -0.2) is 89.6 Å². The predicted octanol–water partition coefficient (Wildman–Crippen LogP) is -0.202. The molecule has 0 bridgehead atoms. The number of aromatic nitrogens is 2. The lowest BCUT2D eigenvalue weighted by Crippen LogP contribution is -2.71. The molecule has 0 radical (unpaired) electrons. The van der Waals surface area contributed by atoms with Crippen LogP contribution in [0.3, 0.4) is 0 Å². The number of oxime groups is 1. The van der Waals surface area contributed by atoms with E-state index in [4.69, 9.17) is 10.6 Å². The zero-order valence-corrected chi connectivity index (χ0v) is 26.7. The van der Waals surface area contributed by atoms with Gasteiger partial charge in [0.15, 0.2) is 17.0 Å². The number of aliphatic carboxylic acids is 1. The number of halogens is 1. The molecule has 2 fully saturated rings. The number of thioether (sulfide) groups is 2. The molecule has 236 valence electrons. The van der Waals surface area contributed by atoms with E-state index in [0.717, 1.165) is 39.7 Å². The Bertz CT molecular complexity index is 1760. The van der Waals surface area contributed by atoms with Gasteiger partial charge >= 0.3 is 0 Å². The Balaban J connectivity index is 1.20. The Morgan fingerprint density at radius 2 is 2.13 bits per heavy atom. The fourth-order valence-corrected chi connectivity index (χ4v) is 8.58. The molecule has 0 saturated carbocycles. The van der Waals surface area contributed by atoms with Crippen molar-refractivity contribution >= 4 is 80.1 Å². The largest absolute Gasteiger partial charge is 0.543 e. The van der Waals surface area contributed by atoms with Gasteiger partial charge in [0.2, 0.25) is 5.52 Å². The number of β-lactam (4-membered cyclic amide) rings is 1. The second kappa shape index (κ2) is 12.8. The summed E-state index contributed by atoms with van der Waals surface area (Å²) < 4.78 is 17.3. The minimum Gasteiger partial charge on any atom is -0.543 e. The van der Waals surface area contributed by atoms with Gasteiger partial charge in [-0.2, -0.15) is 0 Å². The van der Waals surface area contributed by atoms with Crippen LogP contribution >= 0.6 is 34.9 Å². The van der Waals surface area contributed by atoms with Crippen LogP contribution in [0.1, 0.15) is 5.69 Å². The molecule has 2 amide bonds. The summed E-state index contributed by atoms with van der Waals surface area (Å²) in [6.07, 6.45) is 1.89. The highest BCUT2D eigenvalue weighted by Crippen LogP contribution is 2.42. The van der Waals surface area contributed by atoms with Crippen LogP contribution in [0.4, 0.5) is 15.2 Å². The van der Waals surface area contributed by atoms with Crippen LogP contribution in [0.15, 0.2) is 51.1 Å². The fraction of sp³-hybridized carbons (Fsp3) is 0.357. The molecular formula is C28H29FN8O5S3. The summed E-state index contributed by atoms with van der Waals surface area (Å²) in [6.45, 7) is 2.99. The molecule has 0 spiro atoms. The van der Waals surface area contributed by atoms with Gasteiger partial charge in [-0.3, -0.25) is 14.5 Å². The number of nitrogen functional groups attached to an aromatic ring is 1. The molecular weight excluding hydrogens is 644 g/mol. The fourth-order valence-electron chi connectivity index (χ4n) is 5.51. The number of fused-ring (bicyclic) bond motifs is 2. The molecule has 17 heteroatoms. The van der Waals surface area contributed by atoms with Crippen molar-refractivity contribution in [1.82, 2.24) is 20.5 Å². The molecule has 13 nitrogen and oxygen atoms in total. The molecule has 4 N–H and O–H groups in total. The second-order valence-electron chi connectivity index (χ2n) is 10.4. The minimum atomic E-state index is -1.48. The number of thiazole rings is 1. The number of carbonyl (C=O) groups is 3. The summed E-state index contributed by atoms with van der Waals surface area (Å²) in [5.41, 5.74) is 7.39. The van der Waals surface area contributed by atoms with Crippen LogP contribution in [-0.2, 0) is 26.3 Å². The number of nitrogens with zero attached hydrogens (tertiary/aromatic N) is 5. The summed E-state index contributed by atoms with van der Waals surface area (Å²) in [7, 11) is 3.16. The monoisotopic (exact) mass is 672 g/mol. The maximum atomic E-state index is 15.4. The predicted molar refractivity (Wildman–Crippen MR) is 168 cm³/mol. The number of carboxylic acids is 1. The van der Waals surface area contributed by atoms with Crippen molar-refractivity contribution in [3.05, 3.63) is 52.6 Å². The van der Waals surface area contributed by atoms with E-state index in [9.17, 15) is 19.5 Å². The van der Waals surface area contributed by atoms with Crippen molar-refractivity contribution in [1.29, 1.82) is 0 Å². The van der Waals surface area contributed by atoms with Gasteiger partial charge in [-0.05, 0) is 11.6 Å². The van der Waals surface area contributed by atoms with Crippen LogP contribution in [0, 0.1) is 5.82 Å². The number of hydrogen-bond acceptors (Lipinski definition) is 13. The highest BCUT2D eigenvalue weighted by Gasteiger charge is 2.53. The van der Waals surface area contributed by atoms with Crippen molar-refractivity contribution in [3.63, 3.8) is 0 Å². The molecule has 5 heterocycles. The first kappa shape index (κ1) is 31.1. The Kier molecular flexibility index (Phi) is 8.85. The Labute approximate surface area is 269 Å². The molecule has 3 aliphatic heterocycles. The third-order valence-corrected chi connectivity index (χ3v) is 10.9. The minimum absolute atomic E-state index is 0.162. The summed E-state index contributed by atoms with van der Waals surface area (Å²) in [5, 5.41) is 23.8. The van der Waals surface area contributed by atoms with Crippen molar-refractivity contribution in [2.24, 2.45) is 12.2 Å². The van der Waals surface area contributed by atoms with Crippen LogP contribution in [0.5, 0.6) is 0 Å². The number of nitrogens with two attached hydrogens (primary N) is 1. The van der Waals surface area contributed by atoms with Gasteiger partial charge in [0.1, 0.15) is 37.1 Å². The van der Waals surface area contributed by atoms with E-state index in [-0.39, 0.29) is 33.8 Å². The topological polar surface area (TPSA) is 169 Å². The average Bonchev–Trinajstić information content (AvgIpc) is 3.47. The number of anilines is 2. The van der Waals surface area contributed by atoms with E-state index >= 15 is 4.39 Å².